The highest BCUT2D eigenvalue weighted by molar-refractivity contribution is 8.01. The van der Waals surface area contributed by atoms with Gasteiger partial charge in [0.25, 0.3) is 5.91 Å². The number of anilines is 2. The molecule has 3 aromatic rings. The van der Waals surface area contributed by atoms with Crippen molar-refractivity contribution in [2.45, 2.75) is 11.3 Å². The van der Waals surface area contributed by atoms with Gasteiger partial charge in [0, 0.05) is 11.8 Å². The Kier molecular flexibility index (Phi) is 6.32. The molecule has 0 atom stereocenters. The lowest BCUT2D eigenvalue weighted by Crippen LogP contribution is -2.13. The van der Waals surface area contributed by atoms with Crippen molar-refractivity contribution in [3.05, 3.63) is 34.8 Å². The number of nitrogens with one attached hydrogen (secondary N) is 2. The molecule has 2 amide bonds. The van der Waals surface area contributed by atoms with Crippen LogP contribution in [0, 0.1) is 6.92 Å². The maximum absolute atomic E-state index is 12.1. The minimum absolute atomic E-state index is 0.164. The van der Waals surface area contributed by atoms with Crippen molar-refractivity contribution >= 4 is 57.3 Å². The first kappa shape index (κ1) is 19.2. The molecule has 0 spiro atoms. The van der Waals surface area contributed by atoms with Crippen LogP contribution in [0.3, 0.4) is 0 Å². The summed E-state index contributed by atoms with van der Waals surface area (Å²) in [7, 11) is 1.56. The molecule has 12 heteroatoms. The zero-order chi connectivity index (χ0) is 19.2. The molecule has 2 aromatic heterocycles. The monoisotopic (exact) mass is 422 g/mol. The predicted molar refractivity (Wildman–Crippen MR) is 105 cm³/mol. The molecule has 0 aliphatic rings. The number of aromatic nitrogens is 4. The van der Waals surface area contributed by atoms with Crippen LogP contribution in [0.5, 0.6) is 5.75 Å². The molecule has 0 fully saturated rings. The average Bonchev–Trinajstić information content (AvgIpc) is 3.29. The highest BCUT2D eigenvalue weighted by atomic mass is 32.2. The van der Waals surface area contributed by atoms with Gasteiger partial charge in [-0.05, 0) is 30.6 Å². The number of methoxy groups -OCH3 is 1. The number of ether oxygens (including phenoxy) is 1. The van der Waals surface area contributed by atoms with Gasteiger partial charge in [0.1, 0.15) is 10.6 Å². The normalized spacial score (nSPS) is 10.4. The summed E-state index contributed by atoms with van der Waals surface area (Å²) in [5.74, 6) is 0.320. The maximum atomic E-state index is 12.1. The molecule has 0 aliphatic carbocycles. The molecule has 0 saturated heterocycles. The number of amides is 2. The maximum Gasteiger partial charge on any atom is 0.271 e. The molecular weight excluding hydrogens is 408 g/mol. The number of nitrogens with zero attached hydrogens (tertiary/aromatic N) is 4. The largest absolute Gasteiger partial charge is 0.497 e. The van der Waals surface area contributed by atoms with E-state index in [0.717, 1.165) is 11.5 Å². The van der Waals surface area contributed by atoms with Gasteiger partial charge in [0.05, 0.1) is 18.6 Å². The van der Waals surface area contributed by atoms with Crippen LogP contribution in [0.25, 0.3) is 0 Å². The molecule has 0 aliphatic heterocycles. The van der Waals surface area contributed by atoms with Gasteiger partial charge in [-0.3, -0.25) is 14.9 Å². The number of carbonyl (C=O) groups is 2. The van der Waals surface area contributed by atoms with E-state index in [0.29, 0.717) is 31.5 Å². The topological polar surface area (TPSA) is 119 Å². The lowest BCUT2D eigenvalue weighted by molar-refractivity contribution is -0.113. The number of hydrogen-bond acceptors (Lipinski definition) is 10. The molecule has 3 rings (SSSR count). The molecule has 0 radical (unpaired) electrons. The Morgan fingerprint density at radius 1 is 1.22 bits per heavy atom. The minimum Gasteiger partial charge on any atom is -0.497 e. The highest BCUT2D eigenvalue weighted by Gasteiger charge is 2.16. The number of hydrogen-bond donors (Lipinski definition) is 2. The summed E-state index contributed by atoms with van der Waals surface area (Å²) in [4.78, 5) is 24.6. The second-order valence-corrected chi connectivity index (χ2v) is 8.04. The second kappa shape index (κ2) is 8.88. The summed E-state index contributed by atoms with van der Waals surface area (Å²) in [6.45, 7) is 1.71. The number of aryl methyl sites for hydroxylation is 1. The van der Waals surface area contributed by atoms with Gasteiger partial charge >= 0.3 is 0 Å². The van der Waals surface area contributed by atoms with Gasteiger partial charge in [-0.1, -0.05) is 33.7 Å². The van der Waals surface area contributed by atoms with Gasteiger partial charge in [-0.2, -0.15) is 0 Å². The quantitative estimate of drug-likeness (QED) is 0.441. The first-order chi connectivity index (χ1) is 13.0. The summed E-state index contributed by atoms with van der Waals surface area (Å²) in [5.41, 5.74) is 1.21. The SMILES string of the molecule is COc1cccc(NC(=O)CSc2nnc(NC(=O)c3snnc3C)s2)c1. The Morgan fingerprint density at radius 2 is 2.07 bits per heavy atom. The lowest BCUT2D eigenvalue weighted by atomic mass is 10.3. The summed E-state index contributed by atoms with van der Waals surface area (Å²) < 4.78 is 9.42. The average molecular weight is 423 g/mol. The number of thioether (sulfide) groups is 1. The van der Waals surface area contributed by atoms with Gasteiger partial charge < -0.3 is 10.1 Å². The third-order valence-electron chi connectivity index (χ3n) is 3.16. The molecule has 1 aromatic carbocycles. The van der Waals surface area contributed by atoms with Crippen molar-refractivity contribution in [2.24, 2.45) is 0 Å². The van der Waals surface area contributed by atoms with Gasteiger partial charge in [0.2, 0.25) is 11.0 Å². The van der Waals surface area contributed by atoms with E-state index in [9.17, 15) is 9.59 Å². The van der Waals surface area contributed by atoms with Crippen molar-refractivity contribution in [3.8, 4) is 5.75 Å². The Hall–Kier alpha value is -2.57. The number of benzene rings is 1. The van der Waals surface area contributed by atoms with Crippen LogP contribution in [0.1, 0.15) is 15.4 Å². The van der Waals surface area contributed by atoms with E-state index in [1.807, 2.05) is 0 Å². The molecule has 0 unspecified atom stereocenters. The molecule has 2 heterocycles. The van der Waals surface area contributed by atoms with Gasteiger partial charge in [0.15, 0.2) is 4.34 Å². The van der Waals surface area contributed by atoms with Crippen molar-refractivity contribution < 1.29 is 14.3 Å². The Labute approximate surface area is 166 Å². The summed E-state index contributed by atoms with van der Waals surface area (Å²) >= 11 is 3.44. The highest BCUT2D eigenvalue weighted by Crippen LogP contribution is 2.26. The van der Waals surface area contributed by atoms with Crippen LogP contribution in [0.2, 0.25) is 0 Å². The first-order valence-corrected chi connectivity index (χ1v) is 10.1. The molecule has 140 valence electrons. The van der Waals surface area contributed by atoms with Gasteiger partial charge in [-0.25, -0.2) is 0 Å². The summed E-state index contributed by atoms with van der Waals surface area (Å²) in [6.07, 6.45) is 0. The fraction of sp³-hybridized carbons (Fsp3) is 0.200. The van der Waals surface area contributed by atoms with E-state index >= 15 is 0 Å². The third-order valence-corrected chi connectivity index (χ3v) is 5.96. The van der Waals surface area contributed by atoms with Crippen molar-refractivity contribution in [2.75, 3.05) is 23.5 Å². The van der Waals surface area contributed by atoms with E-state index in [-0.39, 0.29) is 17.6 Å². The van der Waals surface area contributed by atoms with E-state index in [2.05, 4.69) is 30.4 Å². The van der Waals surface area contributed by atoms with Crippen LogP contribution in [-0.2, 0) is 4.79 Å². The zero-order valence-electron chi connectivity index (χ0n) is 14.3. The fourth-order valence-electron chi connectivity index (χ4n) is 1.94. The number of rotatable bonds is 7. The van der Waals surface area contributed by atoms with Gasteiger partial charge in [-0.15, -0.1) is 15.3 Å². The third kappa shape index (κ3) is 5.21. The van der Waals surface area contributed by atoms with Crippen molar-refractivity contribution in [1.82, 2.24) is 19.8 Å². The smallest absolute Gasteiger partial charge is 0.271 e. The number of carbonyl (C=O) groups excluding carboxylic acids is 2. The Morgan fingerprint density at radius 3 is 2.81 bits per heavy atom. The lowest BCUT2D eigenvalue weighted by Gasteiger charge is -2.06. The Balaban J connectivity index is 1.51. The standard InChI is InChI=1S/C15H14N6O3S3/c1-8-12(27-21-18-8)13(23)17-14-19-20-15(26-14)25-7-11(22)16-9-4-3-5-10(6-9)24-2/h3-6H,7H2,1-2H3,(H,16,22)(H,17,19,23). The fourth-order valence-corrected chi connectivity index (χ4v) is 4.04. The first-order valence-electron chi connectivity index (χ1n) is 7.55. The Bertz CT molecular complexity index is 958. The van der Waals surface area contributed by atoms with E-state index < -0.39 is 0 Å². The van der Waals surface area contributed by atoms with E-state index in [1.165, 1.54) is 23.1 Å². The molecule has 0 saturated carbocycles. The minimum atomic E-state index is -0.328. The van der Waals surface area contributed by atoms with Crippen molar-refractivity contribution in [1.29, 1.82) is 0 Å². The predicted octanol–water partition coefficient (Wildman–Crippen LogP) is 2.69. The van der Waals surface area contributed by atoms with Crippen LogP contribution >= 0.6 is 34.6 Å². The molecule has 9 nitrogen and oxygen atoms in total. The van der Waals surface area contributed by atoms with Crippen LogP contribution in [0.15, 0.2) is 28.6 Å². The molecule has 0 bridgehead atoms. The van der Waals surface area contributed by atoms with Crippen LogP contribution < -0.4 is 15.4 Å². The summed E-state index contributed by atoms with van der Waals surface area (Å²) in [6, 6.07) is 7.10. The molecule has 2 N–H and O–H groups in total. The van der Waals surface area contributed by atoms with Crippen LogP contribution in [0.4, 0.5) is 10.8 Å². The summed E-state index contributed by atoms with van der Waals surface area (Å²) in [5, 5.41) is 17.5. The van der Waals surface area contributed by atoms with Crippen molar-refractivity contribution in [3.63, 3.8) is 0 Å². The van der Waals surface area contributed by atoms with E-state index in [1.54, 1.807) is 38.3 Å². The van der Waals surface area contributed by atoms with E-state index in [4.69, 9.17) is 4.74 Å². The second-order valence-electron chi connectivity index (χ2n) is 5.08. The molecular formula is C15H14N6O3S3. The zero-order valence-corrected chi connectivity index (χ0v) is 16.7. The molecule has 27 heavy (non-hydrogen) atoms. The van der Waals surface area contributed by atoms with Crippen LogP contribution in [-0.4, -0.2) is 44.5 Å².